The van der Waals surface area contributed by atoms with E-state index in [2.05, 4.69) is 6.58 Å². The highest BCUT2D eigenvalue weighted by atomic mass is 16.5. The lowest BCUT2D eigenvalue weighted by Gasteiger charge is -2.04. The number of nitrogens with two attached hydrogens (primary N) is 1. The Kier molecular flexibility index (Phi) is 5.10. The van der Waals surface area contributed by atoms with E-state index in [9.17, 15) is 9.59 Å². The van der Waals surface area contributed by atoms with Crippen LogP contribution in [0.3, 0.4) is 0 Å². The molecule has 0 aliphatic rings. The van der Waals surface area contributed by atoms with Crippen LogP contribution in [-0.2, 0) is 4.79 Å². The van der Waals surface area contributed by atoms with Gasteiger partial charge in [-0.3, -0.25) is 4.79 Å². The van der Waals surface area contributed by atoms with Crippen molar-refractivity contribution in [2.45, 2.75) is 6.92 Å². The molecule has 0 heterocycles. The van der Waals surface area contributed by atoms with Gasteiger partial charge in [0, 0.05) is 16.8 Å². The molecule has 0 radical (unpaired) electrons. The van der Waals surface area contributed by atoms with Gasteiger partial charge in [0.2, 0.25) is 0 Å². The molecule has 0 aliphatic heterocycles. The van der Waals surface area contributed by atoms with E-state index in [1.807, 2.05) is 12.1 Å². The Bertz CT molecular complexity index is 756. The van der Waals surface area contributed by atoms with Crippen molar-refractivity contribution in [3.8, 4) is 5.75 Å². The lowest BCUT2D eigenvalue weighted by atomic mass is 10.1. The fraction of sp³-hybridized carbons (Fsp3) is 0.0526. The third kappa shape index (κ3) is 4.68. The highest BCUT2D eigenvalue weighted by Gasteiger charge is 2.06. The second kappa shape index (κ2) is 7.22. The number of carbonyl (C=O) groups is 2. The van der Waals surface area contributed by atoms with Gasteiger partial charge in [0.15, 0.2) is 5.78 Å². The van der Waals surface area contributed by atoms with E-state index in [1.54, 1.807) is 49.4 Å². The van der Waals surface area contributed by atoms with Crippen LogP contribution in [0.1, 0.15) is 22.8 Å². The van der Waals surface area contributed by atoms with Crippen LogP contribution < -0.4 is 10.5 Å². The van der Waals surface area contributed by atoms with E-state index >= 15 is 0 Å². The molecule has 2 N–H and O–H groups in total. The summed E-state index contributed by atoms with van der Waals surface area (Å²) in [5.74, 6) is -0.260. The van der Waals surface area contributed by atoms with Gasteiger partial charge in [0.25, 0.3) is 0 Å². The molecule has 23 heavy (non-hydrogen) atoms. The fourth-order valence-corrected chi connectivity index (χ4v) is 1.76. The number of anilines is 1. The number of allylic oxidation sites excluding steroid dienone is 1. The molecule has 2 aromatic rings. The van der Waals surface area contributed by atoms with Gasteiger partial charge in [0.1, 0.15) is 5.75 Å². The van der Waals surface area contributed by atoms with Crippen molar-refractivity contribution >= 4 is 23.5 Å². The number of esters is 1. The molecule has 2 rings (SSSR count). The number of ketones is 1. The molecule has 0 saturated carbocycles. The maximum absolute atomic E-state index is 12.1. The summed E-state index contributed by atoms with van der Waals surface area (Å²) in [6.07, 6.45) is 3.21. The molecule has 0 amide bonds. The van der Waals surface area contributed by atoms with Crippen molar-refractivity contribution < 1.29 is 14.3 Å². The first-order valence-electron chi connectivity index (χ1n) is 7.01. The predicted octanol–water partition coefficient (Wildman–Crippen LogP) is 3.65. The van der Waals surface area contributed by atoms with Crippen LogP contribution in [0.15, 0.2) is 66.8 Å². The number of benzene rings is 2. The Labute approximate surface area is 134 Å². The second-order valence-corrected chi connectivity index (χ2v) is 5.06. The largest absolute Gasteiger partial charge is 0.423 e. The smallest absolute Gasteiger partial charge is 0.338 e. The summed E-state index contributed by atoms with van der Waals surface area (Å²) >= 11 is 0. The van der Waals surface area contributed by atoms with Gasteiger partial charge in [-0.15, -0.1) is 0 Å². The first kappa shape index (κ1) is 16.2. The lowest BCUT2D eigenvalue weighted by Crippen LogP contribution is -2.08. The predicted molar refractivity (Wildman–Crippen MR) is 91.1 cm³/mol. The summed E-state index contributed by atoms with van der Waals surface area (Å²) in [4.78, 5) is 23.5. The van der Waals surface area contributed by atoms with E-state index in [0.717, 1.165) is 5.56 Å². The maximum Gasteiger partial charge on any atom is 0.338 e. The zero-order valence-electron chi connectivity index (χ0n) is 12.8. The van der Waals surface area contributed by atoms with Gasteiger partial charge in [-0.05, 0) is 55.0 Å². The van der Waals surface area contributed by atoms with E-state index in [-0.39, 0.29) is 5.78 Å². The average Bonchev–Trinajstić information content (AvgIpc) is 2.54. The van der Waals surface area contributed by atoms with Crippen LogP contribution in [0.25, 0.3) is 6.08 Å². The molecule has 4 heteroatoms. The summed E-state index contributed by atoms with van der Waals surface area (Å²) in [7, 11) is 0. The Morgan fingerprint density at radius 3 is 2.22 bits per heavy atom. The summed E-state index contributed by atoms with van der Waals surface area (Å²) in [5, 5.41) is 0. The van der Waals surface area contributed by atoms with E-state index in [1.165, 1.54) is 6.08 Å². The van der Waals surface area contributed by atoms with E-state index in [4.69, 9.17) is 10.5 Å². The molecule has 0 aliphatic carbocycles. The van der Waals surface area contributed by atoms with Gasteiger partial charge in [0.05, 0.1) is 0 Å². The highest BCUT2D eigenvalue weighted by Crippen LogP contribution is 2.15. The topological polar surface area (TPSA) is 69.4 Å². The number of hydrogen-bond acceptors (Lipinski definition) is 4. The van der Waals surface area contributed by atoms with Crippen molar-refractivity contribution in [2.75, 3.05) is 5.73 Å². The third-order valence-electron chi connectivity index (χ3n) is 3.06. The van der Waals surface area contributed by atoms with Crippen molar-refractivity contribution in [3.05, 3.63) is 77.9 Å². The standard InChI is InChI=1S/C19H17NO3/c1-13(2)19(22)23-17-10-6-15(7-11-17)18(21)12-5-14-3-8-16(20)9-4-14/h3-12H,1,20H2,2H3. The molecular weight excluding hydrogens is 290 g/mol. The molecule has 0 saturated heterocycles. The van der Waals surface area contributed by atoms with Crippen LogP contribution in [0.2, 0.25) is 0 Å². The van der Waals surface area contributed by atoms with E-state index < -0.39 is 5.97 Å². The van der Waals surface area contributed by atoms with Crippen LogP contribution in [0.5, 0.6) is 5.75 Å². The first-order valence-corrected chi connectivity index (χ1v) is 7.01. The highest BCUT2D eigenvalue weighted by molar-refractivity contribution is 6.06. The molecular formula is C19H17NO3. The van der Waals surface area contributed by atoms with Gasteiger partial charge >= 0.3 is 5.97 Å². The van der Waals surface area contributed by atoms with Crippen LogP contribution in [0.4, 0.5) is 5.69 Å². The zero-order valence-corrected chi connectivity index (χ0v) is 12.8. The molecule has 4 nitrogen and oxygen atoms in total. The molecule has 0 bridgehead atoms. The minimum Gasteiger partial charge on any atom is -0.423 e. The molecule has 0 aromatic heterocycles. The lowest BCUT2D eigenvalue weighted by molar-refractivity contribution is -0.130. The van der Waals surface area contributed by atoms with Gasteiger partial charge in [-0.1, -0.05) is 24.8 Å². The Morgan fingerprint density at radius 2 is 1.65 bits per heavy atom. The minimum atomic E-state index is -0.493. The molecule has 116 valence electrons. The Balaban J connectivity index is 2.04. The van der Waals surface area contributed by atoms with Gasteiger partial charge in [-0.25, -0.2) is 4.79 Å². The monoisotopic (exact) mass is 307 g/mol. The van der Waals surface area contributed by atoms with Crippen molar-refractivity contribution in [1.29, 1.82) is 0 Å². The average molecular weight is 307 g/mol. The molecule has 0 unspecified atom stereocenters. The van der Waals surface area contributed by atoms with Crippen molar-refractivity contribution in [3.63, 3.8) is 0 Å². The van der Waals surface area contributed by atoms with E-state index in [0.29, 0.717) is 22.6 Å². The van der Waals surface area contributed by atoms with Crippen molar-refractivity contribution in [1.82, 2.24) is 0 Å². The molecule has 2 aromatic carbocycles. The zero-order chi connectivity index (χ0) is 16.8. The molecule has 0 spiro atoms. The molecule has 0 atom stereocenters. The minimum absolute atomic E-state index is 0.139. The Morgan fingerprint density at radius 1 is 1.04 bits per heavy atom. The van der Waals surface area contributed by atoms with Crippen LogP contribution >= 0.6 is 0 Å². The molecule has 0 fully saturated rings. The third-order valence-corrected chi connectivity index (χ3v) is 3.06. The number of ether oxygens (including phenoxy) is 1. The van der Waals surface area contributed by atoms with Crippen LogP contribution in [-0.4, -0.2) is 11.8 Å². The van der Waals surface area contributed by atoms with Gasteiger partial charge in [-0.2, -0.15) is 0 Å². The van der Waals surface area contributed by atoms with Crippen molar-refractivity contribution in [2.24, 2.45) is 0 Å². The number of nitrogen functional groups attached to an aromatic ring is 1. The summed E-state index contributed by atoms with van der Waals surface area (Å²) in [6.45, 7) is 5.08. The fourth-order valence-electron chi connectivity index (χ4n) is 1.76. The quantitative estimate of drug-likeness (QED) is 0.301. The van der Waals surface area contributed by atoms with Gasteiger partial charge < -0.3 is 10.5 Å². The summed E-state index contributed by atoms with van der Waals surface area (Å²) in [6, 6.07) is 13.6. The Hall–Kier alpha value is -3.14. The first-order chi connectivity index (χ1) is 11.0. The normalized spacial score (nSPS) is 10.5. The summed E-state index contributed by atoms with van der Waals surface area (Å²) in [5.41, 5.74) is 7.99. The number of carbonyl (C=O) groups excluding carboxylic acids is 2. The van der Waals surface area contributed by atoms with Crippen LogP contribution in [0, 0.1) is 0 Å². The summed E-state index contributed by atoms with van der Waals surface area (Å²) < 4.78 is 5.07. The SMILES string of the molecule is C=C(C)C(=O)Oc1ccc(C(=O)C=Cc2ccc(N)cc2)cc1. The number of rotatable bonds is 5. The maximum atomic E-state index is 12.1. The number of hydrogen-bond donors (Lipinski definition) is 1. The second-order valence-electron chi connectivity index (χ2n) is 5.06.